The molecule has 1 aromatic carbocycles. The van der Waals surface area contributed by atoms with Crippen molar-refractivity contribution in [3.8, 4) is 5.75 Å². The lowest BCUT2D eigenvalue weighted by Gasteiger charge is -2.48. The van der Waals surface area contributed by atoms with Gasteiger partial charge in [-0.05, 0) is 50.8 Å². The monoisotopic (exact) mass is 304 g/mol. The van der Waals surface area contributed by atoms with Gasteiger partial charge in [0.1, 0.15) is 5.75 Å². The van der Waals surface area contributed by atoms with Gasteiger partial charge in [-0.15, -0.1) is 0 Å². The molecule has 1 heterocycles. The summed E-state index contributed by atoms with van der Waals surface area (Å²) in [7, 11) is 1.78. The van der Waals surface area contributed by atoms with Gasteiger partial charge in [-0.2, -0.15) is 0 Å². The van der Waals surface area contributed by atoms with Crippen molar-refractivity contribution < 1.29 is 4.74 Å². The third-order valence-electron chi connectivity index (χ3n) is 4.80. The molecule has 0 amide bonds. The van der Waals surface area contributed by atoms with Crippen LogP contribution in [0.1, 0.15) is 64.5 Å². The SMILES string of the molecule is CCCN1c2cc(OC)c(CNCC)cc2[C@@H](C)CC1(C)C. The summed E-state index contributed by atoms with van der Waals surface area (Å²) in [6, 6.07) is 4.62. The van der Waals surface area contributed by atoms with Crippen LogP contribution in [0, 0.1) is 0 Å². The summed E-state index contributed by atoms with van der Waals surface area (Å²) >= 11 is 0. The number of ether oxygens (including phenoxy) is 1. The summed E-state index contributed by atoms with van der Waals surface area (Å²) in [5.41, 5.74) is 4.31. The van der Waals surface area contributed by atoms with E-state index in [-0.39, 0.29) is 5.54 Å². The van der Waals surface area contributed by atoms with Gasteiger partial charge in [-0.3, -0.25) is 0 Å². The Labute approximate surface area is 136 Å². The Morgan fingerprint density at radius 1 is 1.32 bits per heavy atom. The lowest BCUT2D eigenvalue weighted by atomic mass is 9.79. The summed E-state index contributed by atoms with van der Waals surface area (Å²) in [6.45, 7) is 14.4. The summed E-state index contributed by atoms with van der Waals surface area (Å²) < 4.78 is 5.67. The summed E-state index contributed by atoms with van der Waals surface area (Å²) in [5.74, 6) is 1.59. The predicted molar refractivity (Wildman–Crippen MR) is 95.1 cm³/mol. The topological polar surface area (TPSA) is 24.5 Å². The van der Waals surface area contributed by atoms with Crippen LogP contribution in [0.15, 0.2) is 12.1 Å². The Morgan fingerprint density at radius 2 is 2.05 bits per heavy atom. The maximum atomic E-state index is 5.67. The van der Waals surface area contributed by atoms with Crippen molar-refractivity contribution in [3.63, 3.8) is 0 Å². The Kier molecular flexibility index (Phi) is 5.38. The molecule has 22 heavy (non-hydrogen) atoms. The molecule has 0 radical (unpaired) electrons. The van der Waals surface area contributed by atoms with Crippen LogP contribution in [-0.2, 0) is 6.54 Å². The molecule has 124 valence electrons. The van der Waals surface area contributed by atoms with E-state index in [9.17, 15) is 0 Å². The molecule has 1 N–H and O–H groups in total. The molecule has 2 rings (SSSR count). The van der Waals surface area contributed by atoms with E-state index < -0.39 is 0 Å². The minimum absolute atomic E-state index is 0.205. The van der Waals surface area contributed by atoms with E-state index in [4.69, 9.17) is 4.74 Å². The highest BCUT2D eigenvalue weighted by Gasteiger charge is 2.36. The molecule has 0 bridgehead atoms. The first kappa shape index (κ1) is 17.1. The number of nitrogens with one attached hydrogen (secondary N) is 1. The molecule has 1 atom stereocenters. The van der Waals surface area contributed by atoms with Crippen molar-refractivity contribution in [2.45, 2.75) is 65.5 Å². The van der Waals surface area contributed by atoms with E-state index >= 15 is 0 Å². The number of methoxy groups -OCH3 is 1. The van der Waals surface area contributed by atoms with Crippen LogP contribution in [0.5, 0.6) is 5.75 Å². The van der Waals surface area contributed by atoms with Crippen molar-refractivity contribution in [3.05, 3.63) is 23.3 Å². The van der Waals surface area contributed by atoms with Gasteiger partial charge in [-0.1, -0.05) is 20.8 Å². The molecule has 1 aromatic rings. The van der Waals surface area contributed by atoms with Gasteiger partial charge in [-0.25, -0.2) is 0 Å². The zero-order chi connectivity index (χ0) is 16.3. The number of rotatable bonds is 6. The standard InChI is InChI=1S/C19H32N2O/c1-7-9-21-17-11-18(22-6)15(13-20-8-2)10-16(17)14(3)12-19(21,4)5/h10-11,14,20H,7-9,12-13H2,1-6H3/t14-/m0/s1. The number of anilines is 1. The van der Waals surface area contributed by atoms with Gasteiger partial charge in [0.25, 0.3) is 0 Å². The second kappa shape index (κ2) is 6.91. The van der Waals surface area contributed by atoms with Gasteiger partial charge in [0.2, 0.25) is 0 Å². The van der Waals surface area contributed by atoms with Gasteiger partial charge in [0, 0.05) is 35.9 Å². The highest BCUT2D eigenvalue weighted by atomic mass is 16.5. The summed E-state index contributed by atoms with van der Waals surface area (Å²) in [4.78, 5) is 2.57. The molecule has 0 aliphatic carbocycles. The average molecular weight is 304 g/mol. The highest BCUT2D eigenvalue weighted by molar-refractivity contribution is 5.64. The number of benzene rings is 1. The molecular formula is C19H32N2O. The molecule has 3 heteroatoms. The number of hydrogen-bond acceptors (Lipinski definition) is 3. The van der Waals surface area contributed by atoms with Crippen molar-refractivity contribution in [2.75, 3.05) is 25.1 Å². The average Bonchev–Trinajstić information content (AvgIpc) is 2.48. The third kappa shape index (κ3) is 3.24. The normalized spacial score (nSPS) is 19.9. The second-order valence-corrected chi connectivity index (χ2v) is 7.07. The largest absolute Gasteiger partial charge is 0.496 e. The molecule has 0 spiro atoms. The predicted octanol–water partition coefficient (Wildman–Crippen LogP) is 4.31. The Bertz CT molecular complexity index is 510. The summed E-state index contributed by atoms with van der Waals surface area (Å²) in [6.07, 6.45) is 2.37. The van der Waals surface area contributed by atoms with Crippen molar-refractivity contribution >= 4 is 5.69 Å². The first-order valence-electron chi connectivity index (χ1n) is 8.63. The van der Waals surface area contributed by atoms with E-state index in [0.29, 0.717) is 5.92 Å². The fourth-order valence-corrected chi connectivity index (χ4v) is 3.79. The molecule has 0 aromatic heterocycles. The maximum absolute atomic E-state index is 5.67. The van der Waals surface area contributed by atoms with Crippen LogP contribution in [-0.4, -0.2) is 25.7 Å². The van der Waals surface area contributed by atoms with E-state index in [1.54, 1.807) is 7.11 Å². The van der Waals surface area contributed by atoms with Gasteiger partial charge < -0.3 is 15.0 Å². The molecule has 1 aliphatic heterocycles. The van der Waals surface area contributed by atoms with Crippen molar-refractivity contribution in [1.29, 1.82) is 0 Å². The number of fused-ring (bicyclic) bond motifs is 1. The van der Waals surface area contributed by atoms with E-state index in [1.165, 1.54) is 29.7 Å². The zero-order valence-electron chi connectivity index (χ0n) is 15.1. The lowest BCUT2D eigenvalue weighted by molar-refractivity contribution is 0.371. The second-order valence-electron chi connectivity index (χ2n) is 7.07. The Morgan fingerprint density at radius 3 is 2.64 bits per heavy atom. The van der Waals surface area contributed by atoms with Gasteiger partial charge in [0.15, 0.2) is 0 Å². The Hall–Kier alpha value is -1.22. The van der Waals surface area contributed by atoms with Crippen LogP contribution in [0.4, 0.5) is 5.69 Å². The van der Waals surface area contributed by atoms with Gasteiger partial charge >= 0.3 is 0 Å². The molecule has 0 saturated carbocycles. The third-order valence-corrected chi connectivity index (χ3v) is 4.80. The minimum atomic E-state index is 0.205. The van der Waals surface area contributed by atoms with E-state index in [1.807, 2.05) is 0 Å². The Balaban J connectivity index is 2.49. The summed E-state index contributed by atoms with van der Waals surface area (Å²) in [5, 5.41) is 3.42. The molecular weight excluding hydrogens is 272 g/mol. The number of hydrogen-bond donors (Lipinski definition) is 1. The fraction of sp³-hybridized carbons (Fsp3) is 0.684. The zero-order valence-corrected chi connectivity index (χ0v) is 15.1. The molecule has 3 nitrogen and oxygen atoms in total. The van der Waals surface area contributed by atoms with Gasteiger partial charge in [0.05, 0.1) is 7.11 Å². The maximum Gasteiger partial charge on any atom is 0.125 e. The van der Waals surface area contributed by atoms with Crippen molar-refractivity contribution in [2.24, 2.45) is 0 Å². The van der Waals surface area contributed by atoms with E-state index in [2.05, 4.69) is 57.0 Å². The fourth-order valence-electron chi connectivity index (χ4n) is 3.79. The van der Waals surface area contributed by atoms with Crippen LogP contribution in [0.2, 0.25) is 0 Å². The molecule has 0 unspecified atom stereocenters. The molecule has 1 aliphatic rings. The first-order chi connectivity index (χ1) is 10.4. The van der Waals surface area contributed by atoms with Crippen LogP contribution >= 0.6 is 0 Å². The lowest BCUT2D eigenvalue weighted by Crippen LogP contribution is -2.48. The van der Waals surface area contributed by atoms with Crippen LogP contribution in [0.25, 0.3) is 0 Å². The quantitative estimate of drug-likeness (QED) is 0.847. The highest BCUT2D eigenvalue weighted by Crippen LogP contribution is 2.45. The first-order valence-corrected chi connectivity index (χ1v) is 8.63. The van der Waals surface area contributed by atoms with Crippen molar-refractivity contribution in [1.82, 2.24) is 5.32 Å². The molecule has 0 fully saturated rings. The van der Waals surface area contributed by atoms with Crippen LogP contribution in [0.3, 0.4) is 0 Å². The smallest absolute Gasteiger partial charge is 0.125 e. The number of nitrogens with zero attached hydrogens (tertiary/aromatic N) is 1. The van der Waals surface area contributed by atoms with Crippen LogP contribution < -0.4 is 15.0 Å². The molecule has 0 saturated heterocycles. The minimum Gasteiger partial charge on any atom is -0.496 e. The van der Waals surface area contributed by atoms with E-state index in [0.717, 1.165) is 25.4 Å².